The number of aryl methyl sites for hydroxylation is 1. The topological polar surface area (TPSA) is 38.9 Å². The third kappa shape index (κ3) is 1.49. The van der Waals surface area contributed by atoms with Gasteiger partial charge in [-0.25, -0.2) is 4.98 Å². The lowest BCUT2D eigenvalue weighted by Crippen LogP contribution is -1.92. The molecule has 0 aliphatic heterocycles. The predicted octanol–water partition coefficient (Wildman–Crippen LogP) is 2.50. The zero-order valence-electron chi connectivity index (χ0n) is 7.86. The van der Waals surface area contributed by atoms with Gasteiger partial charge in [-0.2, -0.15) is 0 Å². The minimum atomic E-state index is -2.21. The number of anilines is 1. The molecule has 0 amide bonds. The average molecular weight is 269 g/mol. The number of nitrogen functional groups attached to an aromatic ring is 1. The summed E-state index contributed by atoms with van der Waals surface area (Å²) in [6.07, 6.45) is 0. The first-order valence-corrected chi connectivity index (χ1v) is 4.03. The average Bonchev–Trinajstić information content (AvgIpc) is 1.97. The van der Waals surface area contributed by atoms with Crippen molar-refractivity contribution in [3.63, 3.8) is 0 Å². The highest BCUT2D eigenvalue weighted by Crippen LogP contribution is 2.26. The SMILES string of the molecule is [2H]C([2H])([2H])c1cc(Br)c(N)c(Br)n1. The van der Waals surface area contributed by atoms with Gasteiger partial charge in [0.25, 0.3) is 0 Å². The van der Waals surface area contributed by atoms with Crippen LogP contribution in [0, 0.1) is 6.85 Å². The van der Waals surface area contributed by atoms with Crippen molar-refractivity contribution in [3.05, 3.63) is 20.8 Å². The van der Waals surface area contributed by atoms with Gasteiger partial charge < -0.3 is 5.73 Å². The molecule has 0 saturated carbocycles. The Morgan fingerprint density at radius 3 is 2.90 bits per heavy atom. The lowest BCUT2D eigenvalue weighted by molar-refractivity contribution is 1.16. The summed E-state index contributed by atoms with van der Waals surface area (Å²) in [6, 6.07) is 1.40. The summed E-state index contributed by atoms with van der Waals surface area (Å²) < 4.78 is 22.2. The maximum absolute atomic E-state index is 7.13. The molecule has 1 heterocycles. The van der Waals surface area contributed by atoms with Crippen molar-refractivity contribution < 1.29 is 4.11 Å². The third-order valence-electron chi connectivity index (χ3n) is 0.962. The van der Waals surface area contributed by atoms with Crippen LogP contribution in [-0.4, -0.2) is 4.98 Å². The van der Waals surface area contributed by atoms with Crippen LogP contribution in [0.25, 0.3) is 0 Å². The zero-order chi connectivity index (χ0) is 10.2. The Kier molecular flexibility index (Phi) is 1.36. The molecule has 1 rings (SSSR count). The molecule has 1 aromatic rings. The Balaban J connectivity index is 3.29. The first-order chi connectivity index (χ1) is 5.82. The second-order valence-corrected chi connectivity index (χ2v) is 3.30. The summed E-state index contributed by atoms with van der Waals surface area (Å²) in [7, 11) is 0. The molecular weight excluding hydrogens is 260 g/mol. The fourth-order valence-corrected chi connectivity index (χ4v) is 1.57. The predicted molar refractivity (Wildman–Crippen MR) is 48.8 cm³/mol. The van der Waals surface area contributed by atoms with E-state index in [0.29, 0.717) is 14.8 Å². The molecule has 0 saturated heterocycles. The molecule has 0 aliphatic carbocycles. The fraction of sp³-hybridized carbons (Fsp3) is 0.167. The molecule has 0 radical (unpaired) electrons. The molecular formula is C6H6Br2N2. The monoisotopic (exact) mass is 267 g/mol. The van der Waals surface area contributed by atoms with Gasteiger partial charge in [0.2, 0.25) is 0 Å². The van der Waals surface area contributed by atoms with Gasteiger partial charge in [-0.1, -0.05) is 0 Å². The van der Waals surface area contributed by atoms with E-state index in [1.165, 1.54) is 6.07 Å². The van der Waals surface area contributed by atoms with Crippen molar-refractivity contribution in [1.82, 2.24) is 4.98 Å². The number of halogens is 2. The molecule has 1 aromatic heterocycles. The van der Waals surface area contributed by atoms with E-state index in [1.807, 2.05) is 0 Å². The largest absolute Gasteiger partial charge is 0.396 e. The lowest BCUT2D eigenvalue weighted by Gasteiger charge is -2.00. The molecule has 0 spiro atoms. The molecule has 0 aromatic carbocycles. The van der Waals surface area contributed by atoms with Gasteiger partial charge in [0.1, 0.15) is 4.60 Å². The minimum Gasteiger partial charge on any atom is -0.396 e. The van der Waals surface area contributed by atoms with Crippen LogP contribution in [0.4, 0.5) is 5.69 Å². The van der Waals surface area contributed by atoms with Crippen LogP contribution >= 0.6 is 31.9 Å². The van der Waals surface area contributed by atoms with E-state index in [1.54, 1.807) is 0 Å². The Morgan fingerprint density at radius 1 is 1.70 bits per heavy atom. The van der Waals surface area contributed by atoms with Crippen molar-refractivity contribution in [2.24, 2.45) is 0 Å². The molecule has 2 nitrogen and oxygen atoms in total. The highest BCUT2D eigenvalue weighted by atomic mass is 79.9. The maximum atomic E-state index is 7.13. The fourth-order valence-electron chi connectivity index (χ4n) is 0.495. The van der Waals surface area contributed by atoms with Crippen LogP contribution in [0.5, 0.6) is 0 Å². The first kappa shape index (κ1) is 4.72. The van der Waals surface area contributed by atoms with Gasteiger partial charge in [0, 0.05) is 14.3 Å². The van der Waals surface area contributed by atoms with E-state index < -0.39 is 6.85 Å². The minimum absolute atomic E-state index is 0.0143. The van der Waals surface area contributed by atoms with Crippen molar-refractivity contribution in [3.8, 4) is 0 Å². The van der Waals surface area contributed by atoms with E-state index in [-0.39, 0.29) is 5.69 Å². The Bertz CT molecular complexity index is 314. The molecule has 0 fully saturated rings. The van der Waals surface area contributed by atoms with Gasteiger partial charge in [-0.15, -0.1) is 0 Å². The Morgan fingerprint density at radius 2 is 2.40 bits per heavy atom. The summed E-state index contributed by atoms with van der Waals surface area (Å²) >= 11 is 6.22. The van der Waals surface area contributed by atoms with Crippen molar-refractivity contribution in [2.45, 2.75) is 6.85 Å². The maximum Gasteiger partial charge on any atom is 0.130 e. The van der Waals surface area contributed by atoms with Gasteiger partial charge >= 0.3 is 0 Å². The second-order valence-electron chi connectivity index (χ2n) is 1.69. The third-order valence-corrected chi connectivity index (χ3v) is 2.22. The highest BCUT2D eigenvalue weighted by Gasteiger charge is 2.01. The van der Waals surface area contributed by atoms with Gasteiger partial charge in [0.05, 0.1) is 5.69 Å². The second kappa shape index (κ2) is 2.88. The summed E-state index contributed by atoms with van der Waals surface area (Å²) in [5, 5.41) is 0. The summed E-state index contributed by atoms with van der Waals surface area (Å²) in [5.41, 5.74) is 5.96. The van der Waals surface area contributed by atoms with E-state index in [2.05, 4.69) is 36.8 Å². The number of rotatable bonds is 0. The van der Waals surface area contributed by atoms with Crippen LogP contribution in [-0.2, 0) is 0 Å². The van der Waals surface area contributed by atoms with Gasteiger partial charge in [-0.05, 0) is 44.8 Å². The molecule has 0 aliphatic rings. The van der Waals surface area contributed by atoms with E-state index in [4.69, 9.17) is 9.85 Å². The summed E-state index contributed by atoms with van der Waals surface area (Å²) in [4.78, 5) is 3.80. The van der Waals surface area contributed by atoms with E-state index >= 15 is 0 Å². The molecule has 0 unspecified atom stereocenters. The molecule has 4 heteroatoms. The number of nitrogens with two attached hydrogens (primary N) is 1. The van der Waals surface area contributed by atoms with Crippen LogP contribution < -0.4 is 5.73 Å². The Hall–Kier alpha value is -0.0900. The van der Waals surface area contributed by atoms with Crippen LogP contribution in [0.15, 0.2) is 15.1 Å². The normalized spacial score (nSPS) is 15.6. The van der Waals surface area contributed by atoms with Gasteiger partial charge in [-0.3, -0.25) is 0 Å². The quantitative estimate of drug-likeness (QED) is 0.735. The number of hydrogen-bond acceptors (Lipinski definition) is 2. The van der Waals surface area contributed by atoms with Crippen molar-refractivity contribution >= 4 is 37.5 Å². The summed E-state index contributed by atoms with van der Waals surface area (Å²) in [5.74, 6) is 0. The Labute approximate surface area is 80.3 Å². The van der Waals surface area contributed by atoms with Gasteiger partial charge in [0.15, 0.2) is 0 Å². The zero-order valence-corrected chi connectivity index (χ0v) is 8.03. The van der Waals surface area contributed by atoms with E-state index in [9.17, 15) is 0 Å². The van der Waals surface area contributed by atoms with Crippen LogP contribution in [0.3, 0.4) is 0 Å². The standard InChI is InChI=1S/C6H6Br2N2/c1-3-2-4(7)5(9)6(8)10-3/h2H,9H2,1H3/i1D3. The molecule has 54 valence electrons. The first-order valence-electron chi connectivity index (χ1n) is 3.94. The number of hydrogen-bond donors (Lipinski definition) is 1. The van der Waals surface area contributed by atoms with Crippen molar-refractivity contribution in [1.29, 1.82) is 0 Å². The lowest BCUT2D eigenvalue weighted by atomic mass is 10.3. The van der Waals surface area contributed by atoms with Crippen LogP contribution in [0.2, 0.25) is 0 Å². The molecule has 2 N–H and O–H groups in total. The molecule has 0 atom stereocenters. The molecule has 10 heavy (non-hydrogen) atoms. The molecule has 0 bridgehead atoms. The summed E-state index contributed by atoms with van der Waals surface area (Å²) in [6.45, 7) is -2.21. The number of aromatic nitrogens is 1. The van der Waals surface area contributed by atoms with Crippen LogP contribution in [0.1, 0.15) is 9.81 Å². The smallest absolute Gasteiger partial charge is 0.130 e. The number of nitrogens with zero attached hydrogens (tertiary/aromatic N) is 1. The van der Waals surface area contributed by atoms with E-state index in [0.717, 1.165) is 0 Å². The van der Waals surface area contributed by atoms with Crippen molar-refractivity contribution in [2.75, 3.05) is 5.73 Å². The highest BCUT2D eigenvalue weighted by molar-refractivity contribution is 9.11. The number of pyridine rings is 1.